The molecule has 0 saturated heterocycles. The fraction of sp³-hybridized carbons (Fsp3) is 0.208. The number of aromatic nitrogens is 4. The first kappa shape index (κ1) is 55.7. The standard InChI is InChI=1S/C44H34N3O.C28H33GeN2.Ir/c1-27(2)37-24-33(32-20-18-31(19-21-32)30-11-6-5-7-12-30)25-38(28(3)4)42(37)47-40-16-9-8-15-39(40)46-44(47)36-14-10-13-35-34-22-17-29(26-45)23-41(34)48-43(35)36;1-19(2)23-14-11-15-24(20(3)4)27(23)31-26-17-9-8-16-25(26)30-28(31)21-12-10-13-22(18-21)29(5,6)7;/h5-13,15-25,27-28H,1-4H3;8-11,13-20H,1-7H3;/q2*-1;. The zero-order valence-electron chi connectivity index (χ0n) is 47.6. The van der Waals surface area contributed by atoms with Crippen molar-refractivity contribution in [3.05, 3.63) is 222 Å². The normalized spacial score (nSPS) is 11.8. The average molecular weight is 1280 g/mol. The third-order valence-electron chi connectivity index (χ3n) is 15.3. The minimum atomic E-state index is -1.98. The molecular weight excluding hydrogens is 1220 g/mol. The van der Waals surface area contributed by atoms with Crippen LogP contribution in [0.15, 0.2) is 186 Å². The monoisotopic (exact) mass is 1280 g/mol. The summed E-state index contributed by atoms with van der Waals surface area (Å²) in [6.07, 6.45) is 0. The van der Waals surface area contributed by atoms with E-state index in [1.165, 1.54) is 54.6 Å². The van der Waals surface area contributed by atoms with Crippen LogP contribution in [0.2, 0.25) is 17.3 Å². The summed E-state index contributed by atoms with van der Waals surface area (Å²) in [4.78, 5) is 10.4. The van der Waals surface area contributed by atoms with E-state index in [9.17, 15) is 5.26 Å². The second kappa shape index (κ2) is 22.9. The predicted molar refractivity (Wildman–Crippen MR) is 333 cm³/mol. The molecule has 0 aliphatic rings. The van der Waals surface area contributed by atoms with E-state index in [0.717, 1.165) is 61.3 Å². The second-order valence-electron chi connectivity index (χ2n) is 23.1. The van der Waals surface area contributed by atoms with Crippen molar-refractivity contribution in [2.24, 2.45) is 0 Å². The fourth-order valence-electron chi connectivity index (χ4n) is 11.1. The van der Waals surface area contributed by atoms with Gasteiger partial charge in [-0.05, 0) is 81.6 Å². The quantitative estimate of drug-likeness (QED) is 0.0955. The van der Waals surface area contributed by atoms with E-state index in [4.69, 9.17) is 14.4 Å². The Kier molecular flexibility index (Phi) is 15.9. The summed E-state index contributed by atoms with van der Waals surface area (Å²) in [6, 6.07) is 73.2. The average Bonchev–Trinajstić information content (AvgIpc) is 3.70. The van der Waals surface area contributed by atoms with E-state index in [-0.39, 0.29) is 31.9 Å². The summed E-state index contributed by atoms with van der Waals surface area (Å²) in [5.74, 6) is 10.4. The number of fused-ring (bicyclic) bond motifs is 5. The first-order chi connectivity index (χ1) is 38.1. The summed E-state index contributed by atoms with van der Waals surface area (Å²) in [5.41, 5.74) is 20.5. The van der Waals surface area contributed by atoms with Gasteiger partial charge >= 0.3 is 190 Å². The molecule has 0 bridgehead atoms. The molecule has 1 radical (unpaired) electrons. The minimum absolute atomic E-state index is 0. The van der Waals surface area contributed by atoms with Gasteiger partial charge in [0.25, 0.3) is 0 Å². The maximum atomic E-state index is 9.53. The molecule has 0 atom stereocenters. The molecule has 3 aromatic heterocycles. The molecule has 0 spiro atoms. The van der Waals surface area contributed by atoms with Crippen LogP contribution in [0.1, 0.15) is 107 Å². The smallest absolute Gasteiger partial charge is 0 e. The van der Waals surface area contributed by atoms with E-state index in [1.54, 1.807) is 6.07 Å². The van der Waals surface area contributed by atoms with Crippen molar-refractivity contribution in [3.63, 3.8) is 0 Å². The van der Waals surface area contributed by atoms with E-state index in [1.807, 2.05) is 30.3 Å². The van der Waals surface area contributed by atoms with Crippen LogP contribution in [0.5, 0.6) is 0 Å². The molecule has 3 heterocycles. The Balaban J connectivity index is 0.000000195. The molecule has 12 aromatic rings. The number of nitrogens with zero attached hydrogens (tertiary/aromatic N) is 5. The maximum absolute atomic E-state index is 9.53. The summed E-state index contributed by atoms with van der Waals surface area (Å²) < 4.78 is 12.7. The third kappa shape index (κ3) is 10.5. The summed E-state index contributed by atoms with van der Waals surface area (Å²) in [6.45, 7) is 18.2. The van der Waals surface area contributed by atoms with Crippen LogP contribution in [0, 0.1) is 23.5 Å². The fourth-order valence-corrected chi connectivity index (χ4v) is 13.6. The Hall–Kier alpha value is -7.60. The molecule has 0 N–H and O–H groups in total. The Morgan fingerprint density at radius 1 is 0.487 bits per heavy atom. The van der Waals surface area contributed by atoms with Gasteiger partial charge in [0.15, 0.2) is 0 Å². The molecule has 9 aromatic carbocycles. The molecule has 12 rings (SSSR count). The number of para-hydroxylation sites is 5. The Bertz CT molecular complexity index is 4200. The number of hydrogen-bond acceptors (Lipinski definition) is 4. The molecule has 0 fully saturated rings. The number of furan rings is 1. The van der Waals surface area contributed by atoms with Gasteiger partial charge in [0.1, 0.15) is 5.58 Å². The van der Waals surface area contributed by atoms with Crippen molar-refractivity contribution in [1.29, 1.82) is 5.26 Å². The van der Waals surface area contributed by atoms with E-state index < -0.39 is 13.3 Å². The Morgan fingerprint density at radius 2 is 1.00 bits per heavy atom. The number of nitriles is 1. The van der Waals surface area contributed by atoms with Crippen molar-refractivity contribution in [3.8, 4) is 62.5 Å². The van der Waals surface area contributed by atoms with E-state index in [0.29, 0.717) is 28.6 Å². The summed E-state index contributed by atoms with van der Waals surface area (Å²) in [5, 5.41) is 11.5. The molecular formula is C72H67GeIrN5O-2. The van der Waals surface area contributed by atoms with Crippen molar-refractivity contribution in [2.45, 2.75) is 96.3 Å². The van der Waals surface area contributed by atoms with Gasteiger partial charge in [0, 0.05) is 31.2 Å². The number of hydrogen-bond donors (Lipinski definition) is 0. The van der Waals surface area contributed by atoms with Gasteiger partial charge in [-0.15, -0.1) is 18.2 Å². The van der Waals surface area contributed by atoms with Crippen LogP contribution < -0.4 is 4.40 Å². The van der Waals surface area contributed by atoms with Crippen molar-refractivity contribution in [1.82, 2.24) is 19.1 Å². The van der Waals surface area contributed by atoms with Gasteiger partial charge in [-0.2, -0.15) is 5.26 Å². The van der Waals surface area contributed by atoms with E-state index >= 15 is 0 Å². The minimum Gasteiger partial charge on any atom is 0 e. The second-order valence-corrected chi connectivity index (χ2v) is 33.8. The number of rotatable bonds is 11. The largest absolute Gasteiger partial charge is 0 e. The maximum Gasteiger partial charge on any atom is 0 e. The molecule has 0 amide bonds. The molecule has 0 unspecified atom stereocenters. The van der Waals surface area contributed by atoms with E-state index in [2.05, 4.69) is 246 Å². The van der Waals surface area contributed by atoms with Crippen molar-refractivity contribution >= 4 is 61.7 Å². The van der Waals surface area contributed by atoms with Gasteiger partial charge in [0.05, 0.1) is 34.1 Å². The van der Waals surface area contributed by atoms with Gasteiger partial charge in [0.2, 0.25) is 0 Å². The Morgan fingerprint density at radius 3 is 1.57 bits per heavy atom. The van der Waals surface area contributed by atoms with Crippen LogP contribution >= 0.6 is 0 Å². The molecule has 8 heteroatoms. The van der Waals surface area contributed by atoms with Crippen molar-refractivity contribution < 1.29 is 24.5 Å². The molecule has 0 aliphatic heterocycles. The predicted octanol–water partition coefficient (Wildman–Crippen LogP) is 19.1. The first-order valence-corrected chi connectivity index (χ1v) is 35.2. The van der Waals surface area contributed by atoms with Crippen molar-refractivity contribution in [2.75, 3.05) is 0 Å². The summed E-state index contributed by atoms with van der Waals surface area (Å²) >= 11 is -1.98. The topological polar surface area (TPSA) is 72.6 Å². The molecule has 80 heavy (non-hydrogen) atoms. The molecule has 0 saturated carbocycles. The van der Waals surface area contributed by atoms with Gasteiger partial charge in [-0.1, -0.05) is 111 Å². The van der Waals surface area contributed by atoms with Gasteiger partial charge in [-0.3, -0.25) is 4.98 Å². The molecule has 401 valence electrons. The molecule has 0 aliphatic carbocycles. The van der Waals surface area contributed by atoms with Crippen LogP contribution in [0.3, 0.4) is 0 Å². The number of imidazole rings is 2. The van der Waals surface area contributed by atoms with Crippen LogP contribution in [0.25, 0.3) is 100 Å². The number of benzene rings is 9. The van der Waals surface area contributed by atoms with Gasteiger partial charge < -0.3 is 8.98 Å². The van der Waals surface area contributed by atoms with Crippen LogP contribution in [-0.4, -0.2) is 32.4 Å². The first-order valence-electron chi connectivity index (χ1n) is 27.8. The van der Waals surface area contributed by atoms with Gasteiger partial charge in [-0.25, -0.2) is 0 Å². The van der Waals surface area contributed by atoms with Crippen LogP contribution in [0.4, 0.5) is 0 Å². The zero-order valence-corrected chi connectivity index (χ0v) is 52.1. The SMILES string of the molecule is CC(C)c1cc(-c2ccc(-c3ccccc3)cc2)cc(C(C)C)c1-n1c(-c2[c-]ccc3c2oc2cc(C#N)ccc23)nc2ccccc21.CC(C)c1cccc(C(C)C)c1-n1c(-c2[c-]cc[c]([Ge]([CH3])([CH3])[CH3])c2)nc2ccccc21.[Ir]. The Labute approximate surface area is 487 Å². The van der Waals surface area contributed by atoms with Crippen LogP contribution in [-0.2, 0) is 20.1 Å². The zero-order chi connectivity index (χ0) is 55.3. The molecule has 6 nitrogen and oxygen atoms in total. The third-order valence-corrected chi connectivity index (χ3v) is 19.6. The summed E-state index contributed by atoms with van der Waals surface area (Å²) in [7, 11) is 0.